The first kappa shape index (κ1) is 20.9. The van der Waals surface area contributed by atoms with Crippen LogP contribution < -0.4 is 0 Å². The first-order chi connectivity index (χ1) is 13.3. The number of carbonyl (C=O) groups excluding carboxylic acids is 2. The molecule has 4 heteroatoms. The second-order valence-electron chi connectivity index (χ2n) is 9.22. The van der Waals surface area contributed by atoms with Gasteiger partial charge in [0.15, 0.2) is 0 Å². The lowest BCUT2D eigenvalue weighted by atomic mass is 9.81. The molecule has 0 bridgehead atoms. The molecule has 0 N–H and O–H groups in total. The van der Waals surface area contributed by atoms with Crippen LogP contribution in [0.15, 0.2) is 24.3 Å². The molecule has 1 aromatic carbocycles. The highest BCUT2D eigenvalue weighted by Gasteiger charge is 2.32. The van der Waals surface area contributed by atoms with Gasteiger partial charge in [-0.15, -0.1) is 0 Å². The monoisotopic (exact) mass is 386 g/mol. The molecule has 6 atom stereocenters. The molecular formula is C24H34O4. The summed E-state index contributed by atoms with van der Waals surface area (Å²) in [4.78, 5) is 25.7. The summed E-state index contributed by atoms with van der Waals surface area (Å²) in [6.45, 7) is 8.76. The summed E-state index contributed by atoms with van der Waals surface area (Å²) in [6.07, 6.45) is 5.91. The van der Waals surface area contributed by atoms with Crippen molar-refractivity contribution in [2.24, 2.45) is 23.7 Å². The molecule has 0 aromatic heterocycles. The largest absolute Gasteiger partial charge is 0.458 e. The Morgan fingerprint density at radius 1 is 0.714 bits per heavy atom. The van der Waals surface area contributed by atoms with E-state index in [1.54, 1.807) is 24.3 Å². The van der Waals surface area contributed by atoms with Crippen LogP contribution >= 0.6 is 0 Å². The number of esters is 2. The van der Waals surface area contributed by atoms with Crippen LogP contribution in [-0.4, -0.2) is 24.1 Å². The zero-order valence-electron chi connectivity index (χ0n) is 17.6. The Morgan fingerprint density at radius 3 is 1.46 bits per heavy atom. The molecule has 6 unspecified atom stereocenters. The van der Waals surface area contributed by atoms with Gasteiger partial charge in [0, 0.05) is 0 Å². The van der Waals surface area contributed by atoms with E-state index in [2.05, 4.69) is 27.7 Å². The van der Waals surface area contributed by atoms with Crippen molar-refractivity contribution in [2.75, 3.05) is 0 Å². The minimum absolute atomic E-state index is 0.0763. The summed E-state index contributed by atoms with van der Waals surface area (Å²) in [5.41, 5.74) is 0.630. The SMILES string of the molecule is CC1CCC(OC(=O)c2ccccc2C(=O)OC2CCC(C)CC2C)C(C)C1. The first-order valence-corrected chi connectivity index (χ1v) is 10.9. The highest BCUT2D eigenvalue weighted by atomic mass is 16.6. The molecule has 2 aliphatic carbocycles. The van der Waals surface area contributed by atoms with Crippen LogP contribution in [-0.2, 0) is 9.47 Å². The predicted molar refractivity (Wildman–Crippen MR) is 109 cm³/mol. The summed E-state index contributed by atoms with van der Waals surface area (Å²) >= 11 is 0. The fourth-order valence-electron chi connectivity index (χ4n) is 4.87. The average molecular weight is 387 g/mol. The van der Waals surface area contributed by atoms with Crippen molar-refractivity contribution in [3.05, 3.63) is 35.4 Å². The van der Waals surface area contributed by atoms with Crippen molar-refractivity contribution in [1.82, 2.24) is 0 Å². The quantitative estimate of drug-likeness (QED) is 0.628. The van der Waals surface area contributed by atoms with Crippen LogP contribution in [0.25, 0.3) is 0 Å². The predicted octanol–water partition coefficient (Wildman–Crippen LogP) is 5.65. The normalized spacial score (nSPS) is 33.1. The molecule has 0 saturated heterocycles. The van der Waals surface area contributed by atoms with Crippen molar-refractivity contribution in [2.45, 2.75) is 78.4 Å². The summed E-state index contributed by atoms with van der Waals surface area (Å²) in [6, 6.07) is 6.87. The number of rotatable bonds is 4. The van der Waals surface area contributed by atoms with Crippen LogP contribution in [0.3, 0.4) is 0 Å². The molecule has 2 saturated carbocycles. The van der Waals surface area contributed by atoms with Crippen LogP contribution in [0.2, 0.25) is 0 Å². The fraction of sp³-hybridized carbons (Fsp3) is 0.667. The van der Waals surface area contributed by atoms with Crippen LogP contribution in [0.4, 0.5) is 0 Å². The van der Waals surface area contributed by atoms with E-state index < -0.39 is 11.9 Å². The van der Waals surface area contributed by atoms with Gasteiger partial charge >= 0.3 is 11.9 Å². The topological polar surface area (TPSA) is 52.6 Å². The number of ether oxygens (including phenoxy) is 2. The molecule has 0 amide bonds. The van der Waals surface area contributed by atoms with E-state index >= 15 is 0 Å². The van der Waals surface area contributed by atoms with Gasteiger partial charge in [0.05, 0.1) is 11.1 Å². The summed E-state index contributed by atoms with van der Waals surface area (Å²) < 4.78 is 11.6. The highest BCUT2D eigenvalue weighted by molar-refractivity contribution is 6.03. The fourth-order valence-corrected chi connectivity index (χ4v) is 4.87. The van der Waals surface area contributed by atoms with E-state index in [0.29, 0.717) is 34.8 Å². The van der Waals surface area contributed by atoms with E-state index in [1.807, 2.05) is 0 Å². The third kappa shape index (κ3) is 4.95. The average Bonchev–Trinajstić information content (AvgIpc) is 2.66. The van der Waals surface area contributed by atoms with E-state index in [4.69, 9.17) is 9.47 Å². The second-order valence-corrected chi connectivity index (χ2v) is 9.22. The van der Waals surface area contributed by atoms with Gasteiger partial charge in [0.2, 0.25) is 0 Å². The Balaban J connectivity index is 1.68. The molecule has 0 heterocycles. The molecule has 2 aliphatic rings. The van der Waals surface area contributed by atoms with Gasteiger partial charge in [-0.2, -0.15) is 0 Å². The maximum atomic E-state index is 12.8. The highest BCUT2D eigenvalue weighted by Crippen LogP contribution is 2.33. The molecule has 1 aromatic rings. The smallest absolute Gasteiger partial charge is 0.339 e. The molecule has 0 radical (unpaired) electrons. The first-order valence-electron chi connectivity index (χ1n) is 10.9. The van der Waals surface area contributed by atoms with E-state index in [9.17, 15) is 9.59 Å². The van der Waals surface area contributed by atoms with Crippen molar-refractivity contribution in [3.63, 3.8) is 0 Å². The van der Waals surface area contributed by atoms with Gasteiger partial charge < -0.3 is 9.47 Å². The molecule has 154 valence electrons. The van der Waals surface area contributed by atoms with Crippen molar-refractivity contribution in [1.29, 1.82) is 0 Å². The molecule has 0 aliphatic heterocycles. The van der Waals surface area contributed by atoms with Gasteiger partial charge in [-0.1, -0.05) is 39.8 Å². The Labute approximate surface area is 169 Å². The van der Waals surface area contributed by atoms with Crippen LogP contribution in [0, 0.1) is 23.7 Å². The number of benzene rings is 1. The lowest BCUT2D eigenvalue weighted by Gasteiger charge is -2.32. The number of hydrogen-bond acceptors (Lipinski definition) is 4. The molecular weight excluding hydrogens is 352 g/mol. The summed E-state index contributed by atoms with van der Waals surface area (Å²) in [5, 5.41) is 0. The Morgan fingerprint density at radius 2 is 1.11 bits per heavy atom. The van der Waals surface area contributed by atoms with Gasteiger partial charge in [-0.3, -0.25) is 0 Å². The van der Waals surface area contributed by atoms with Gasteiger partial charge in [0.1, 0.15) is 12.2 Å². The third-order valence-corrected chi connectivity index (χ3v) is 6.59. The molecule has 2 fully saturated rings. The molecule has 3 rings (SSSR count). The maximum absolute atomic E-state index is 12.8. The Kier molecular flexibility index (Phi) is 6.79. The minimum Gasteiger partial charge on any atom is -0.458 e. The summed E-state index contributed by atoms with van der Waals surface area (Å²) in [7, 11) is 0. The van der Waals surface area contributed by atoms with Gasteiger partial charge in [0.25, 0.3) is 0 Å². The number of carbonyl (C=O) groups is 2. The number of hydrogen-bond donors (Lipinski definition) is 0. The molecule has 4 nitrogen and oxygen atoms in total. The van der Waals surface area contributed by atoms with Crippen molar-refractivity contribution in [3.8, 4) is 0 Å². The van der Waals surface area contributed by atoms with Crippen LogP contribution in [0.5, 0.6) is 0 Å². The van der Waals surface area contributed by atoms with E-state index in [1.165, 1.54) is 0 Å². The maximum Gasteiger partial charge on any atom is 0.339 e. The zero-order valence-corrected chi connectivity index (χ0v) is 17.6. The Bertz CT molecular complexity index is 639. The lowest BCUT2D eigenvalue weighted by Crippen LogP contribution is -2.33. The van der Waals surface area contributed by atoms with Crippen molar-refractivity contribution >= 4 is 11.9 Å². The minimum atomic E-state index is -0.413. The van der Waals surface area contributed by atoms with Gasteiger partial charge in [-0.05, 0) is 74.3 Å². The standard InChI is InChI=1S/C24H34O4/c1-15-9-11-21(17(3)13-15)27-23(25)19-7-5-6-8-20(19)24(26)28-22-12-10-16(2)14-18(22)4/h5-8,15-18,21-22H,9-14H2,1-4H3. The summed E-state index contributed by atoms with van der Waals surface area (Å²) in [5.74, 6) is 1.21. The molecule has 0 spiro atoms. The zero-order chi connectivity index (χ0) is 20.3. The van der Waals surface area contributed by atoms with E-state index in [-0.39, 0.29) is 12.2 Å². The third-order valence-electron chi connectivity index (χ3n) is 6.59. The van der Waals surface area contributed by atoms with Gasteiger partial charge in [-0.25, -0.2) is 9.59 Å². The Hall–Kier alpha value is -1.84. The van der Waals surface area contributed by atoms with Crippen LogP contribution in [0.1, 0.15) is 86.9 Å². The molecule has 28 heavy (non-hydrogen) atoms. The lowest BCUT2D eigenvalue weighted by molar-refractivity contribution is -0.00536. The second kappa shape index (κ2) is 9.11. The van der Waals surface area contributed by atoms with Crippen molar-refractivity contribution < 1.29 is 19.1 Å². The van der Waals surface area contributed by atoms with E-state index in [0.717, 1.165) is 38.5 Å².